The first-order valence-corrected chi connectivity index (χ1v) is 5.89. The van der Waals surface area contributed by atoms with Gasteiger partial charge in [-0.3, -0.25) is 0 Å². The van der Waals surface area contributed by atoms with Gasteiger partial charge >= 0.3 is 0 Å². The van der Waals surface area contributed by atoms with E-state index in [9.17, 15) is 0 Å². The minimum atomic E-state index is 0.445. The van der Waals surface area contributed by atoms with Crippen LogP contribution >= 0.6 is 0 Å². The van der Waals surface area contributed by atoms with Gasteiger partial charge in [0.05, 0.1) is 23.8 Å². The van der Waals surface area contributed by atoms with E-state index in [0.717, 1.165) is 18.4 Å². The van der Waals surface area contributed by atoms with Crippen LogP contribution in [0.25, 0.3) is 0 Å². The Morgan fingerprint density at radius 3 is 2.56 bits per heavy atom. The third-order valence-corrected chi connectivity index (χ3v) is 3.23. The topological polar surface area (TPSA) is 36.3 Å². The smallest absolute Gasteiger partial charge is 0.0991 e. The second kappa shape index (κ2) is 4.67. The molecule has 1 heterocycles. The summed E-state index contributed by atoms with van der Waals surface area (Å²) in [6.45, 7) is 4.40. The third-order valence-electron chi connectivity index (χ3n) is 3.23. The van der Waals surface area contributed by atoms with Crippen molar-refractivity contribution in [2.45, 2.75) is 38.9 Å². The number of ether oxygens (including phenoxy) is 1. The highest BCUT2D eigenvalue weighted by Gasteiger charge is 2.40. The Morgan fingerprint density at radius 1 is 1.38 bits per heavy atom. The van der Waals surface area contributed by atoms with Gasteiger partial charge in [0, 0.05) is 0 Å². The van der Waals surface area contributed by atoms with Gasteiger partial charge in [-0.25, -0.2) is 0 Å². The highest BCUT2D eigenvalue weighted by molar-refractivity contribution is 5.31. The van der Waals surface area contributed by atoms with Gasteiger partial charge in [-0.1, -0.05) is 26.0 Å². The molecule has 1 saturated heterocycles. The number of hydrogen-bond acceptors (Lipinski definition) is 2. The van der Waals surface area contributed by atoms with Gasteiger partial charge in [-0.05, 0) is 36.5 Å². The molecule has 0 amide bonds. The van der Waals surface area contributed by atoms with Crippen molar-refractivity contribution in [1.82, 2.24) is 0 Å². The predicted molar refractivity (Wildman–Crippen MR) is 63.0 cm³/mol. The molecule has 0 bridgehead atoms. The third kappa shape index (κ3) is 2.43. The van der Waals surface area contributed by atoms with E-state index in [0.29, 0.717) is 18.1 Å². The lowest BCUT2D eigenvalue weighted by Crippen LogP contribution is -2.09. The fraction of sp³-hybridized carbons (Fsp3) is 0.500. The highest BCUT2D eigenvalue weighted by atomic mass is 16.6. The minimum absolute atomic E-state index is 0.445. The maximum Gasteiger partial charge on any atom is 0.0991 e. The Bertz CT molecular complexity index is 390. The van der Waals surface area contributed by atoms with Crippen molar-refractivity contribution >= 4 is 0 Å². The van der Waals surface area contributed by atoms with Crippen LogP contribution in [0.4, 0.5) is 0 Å². The second-order valence-electron chi connectivity index (χ2n) is 4.54. The van der Waals surface area contributed by atoms with E-state index in [1.165, 1.54) is 5.56 Å². The normalized spacial score (nSPS) is 24.8. The van der Waals surface area contributed by atoms with E-state index in [1.807, 2.05) is 24.3 Å². The molecule has 84 valence electrons. The summed E-state index contributed by atoms with van der Waals surface area (Å²) in [5.74, 6) is 0.567. The van der Waals surface area contributed by atoms with Crippen molar-refractivity contribution in [3.8, 4) is 6.07 Å². The quantitative estimate of drug-likeness (QED) is 0.724. The first-order chi connectivity index (χ1) is 7.74. The van der Waals surface area contributed by atoms with E-state index in [4.69, 9.17) is 10.00 Å². The molecule has 3 atom stereocenters. The maximum absolute atomic E-state index is 8.71. The Balaban J connectivity index is 1.91. The standard InChI is InChI=1S/C14H17NO/c1-3-13-14(16-13)10(2)8-11-4-6-12(9-15)7-5-11/h4-7,10,13-14H,3,8H2,1-2H3. The molecule has 0 saturated carbocycles. The van der Waals surface area contributed by atoms with Gasteiger partial charge < -0.3 is 4.74 Å². The van der Waals surface area contributed by atoms with Gasteiger partial charge in [-0.15, -0.1) is 0 Å². The molecule has 0 aromatic heterocycles. The molecular formula is C14H17NO. The molecule has 1 aromatic carbocycles. The molecule has 0 aliphatic carbocycles. The van der Waals surface area contributed by atoms with Gasteiger partial charge in [0.25, 0.3) is 0 Å². The Hall–Kier alpha value is -1.33. The zero-order valence-corrected chi connectivity index (χ0v) is 9.81. The van der Waals surface area contributed by atoms with E-state index in [-0.39, 0.29) is 0 Å². The molecule has 1 aliphatic heterocycles. The molecule has 1 aromatic rings. The van der Waals surface area contributed by atoms with Crippen molar-refractivity contribution in [2.75, 3.05) is 0 Å². The summed E-state index contributed by atoms with van der Waals surface area (Å²) < 4.78 is 5.59. The van der Waals surface area contributed by atoms with E-state index in [2.05, 4.69) is 19.9 Å². The molecule has 1 fully saturated rings. The minimum Gasteiger partial charge on any atom is -0.369 e. The Labute approximate surface area is 96.9 Å². The summed E-state index contributed by atoms with van der Waals surface area (Å²) in [7, 11) is 0. The highest BCUT2D eigenvalue weighted by Crippen LogP contribution is 2.33. The molecule has 1 aliphatic rings. The first kappa shape index (κ1) is 11.2. The molecule has 0 radical (unpaired) electrons. The van der Waals surface area contributed by atoms with Gasteiger partial charge in [-0.2, -0.15) is 5.26 Å². The van der Waals surface area contributed by atoms with E-state index >= 15 is 0 Å². The summed E-state index contributed by atoms with van der Waals surface area (Å²) >= 11 is 0. The fourth-order valence-corrected chi connectivity index (χ4v) is 2.19. The van der Waals surface area contributed by atoms with Crippen LogP contribution in [0.5, 0.6) is 0 Å². The molecule has 2 rings (SSSR count). The van der Waals surface area contributed by atoms with Crippen molar-refractivity contribution in [2.24, 2.45) is 5.92 Å². The summed E-state index contributed by atoms with van der Waals surface area (Å²) in [6.07, 6.45) is 3.07. The lowest BCUT2D eigenvalue weighted by molar-refractivity contribution is 0.322. The van der Waals surface area contributed by atoms with Crippen molar-refractivity contribution in [3.05, 3.63) is 35.4 Å². The van der Waals surface area contributed by atoms with Crippen LogP contribution < -0.4 is 0 Å². The number of hydrogen-bond donors (Lipinski definition) is 0. The van der Waals surface area contributed by atoms with Gasteiger partial charge in [0.1, 0.15) is 0 Å². The van der Waals surface area contributed by atoms with E-state index < -0.39 is 0 Å². The average Bonchev–Trinajstić information content (AvgIpc) is 3.09. The zero-order chi connectivity index (χ0) is 11.5. The van der Waals surface area contributed by atoms with Crippen molar-refractivity contribution < 1.29 is 4.74 Å². The maximum atomic E-state index is 8.71. The van der Waals surface area contributed by atoms with E-state index in [1.54, 1.807) is 0 Å². The lowest BCUT2D eigenvalue weighted by Gasteiger charge is -2.08. The Kier molecular flexibility index (Phi) is 3.26. The van der Waals surface area contributed by atoms with Crippen molar-refractivity contribution in [3.63, 3.8) is 0 Å². The Morgan fingerprint density at radius 2 is 2.06 bits per heavy atom. The SMILES string of the molecule is CCC1OC1C(C)Cc1ccc(C#N)cc1. The summed E-state index contributed by atoms with van der Waals surface area (Å²) in [4.78, 5) is 0. The second-order valence-corrected chi connectivity index (χ2v) is 4.54. The number of benzene rings is 1. The molecule has 16 heavy (non-hydrogen) atoms. The van der Waals surface area contributed by atoms with Crippen LogP contribution in [-0.4, -0.2) is 12.2 Å². The summed E-state index contributed by atoms with van der Waals surface area (Å²) in [6, 6.07) is 9.98. The number of rotatable bonds is 4. The van der Waals surface area contributed by atoms with Crippen LogP contribution in [0.3, 0.4) is 0 Å². The fourth-order valence-electron chi connectivity index (χ4n) is 2.19. The number of nitrogens with zero attached hydrogens (tertiary/aromatic N) is 1. The molecular weight excluding hydrogens is 198 g/mol. The average molecular weight is 215 g/mol. The monoisotopic (exact) mass is 215 g/mol. The lowest BCUT2D eigenvalue weighted by atomic mass is 9.95. The molecule has 0 spiro atoms. The summed E-state index contributed by atoms with van der Waals surface area (Å²) in [5.41, 5.74) is 2.02. The van der Waals surface area contributed by atoms with Gasteiger partial charge in [0.15, 0.2) is 0 Å². The van der Waals surface area contributed by atoms with Crippen LogP contribution in [0, 0.1) is 17.2 Å². The van der Waals surface area contributed by atoms with Crippen molar-refractivity contribution in [1.29, 1.82) is 5.26 Å². The predicted octanol–water partition coefficient (Wildman–Crippen LogP) is 2.91. The number of nitriles is 1. The zero-order valence-electron chi connectivity index (χ0n) is 9.81. The van der Waals surface area contributed by atoms with Gasteiger partial charge in [0.2, 0.25) is 0 Å². The van der Waals surface area contributed by atoms with Crippen LogP contribution in [-0.2, 0) is 11.2 Å². The molecule has 2 nitrogen and oxygen atoms in total. The molecule has 2 heteroatoms. The number of epoxide rings is 1. The molecule has 0 N–H and O–H groups in total. The van der Waals surface area contributed by atoms with Crippen LogP contribution in [0.15, 0.2) is 24.3 Å². The first-order valence-electron chi connectivity index (χ1n) is 5.89. The van der Waals surface area contributed by atoms with Crippen LogP contribution in [0.2, 0.25) is 0 Å². The summed E-state index contributed by atoms with van der Waals surface area (Å²) in [5, 5.41) is 8.71. The van der Waals surface area contributed by atoms with Crippen LogP contribution in [0.1, 0.15) is 31.4 Å². The molecule has 3 unspecified atom stereocenters. The largest absolute Gasteiger partial charge is 0.369 e.